The SMILES string of the molecule is C[N+](C)(C)C/C=C/C1=C(C(=O)Cl)N2C(=O)[C@@H](N)[C@H]2SC1.Cl. The van der Waals surface area contributed by atoms with Crippen molar-refractivity contribution in [2.24, 2.45) is 5.73 Å². The lowest BCUT2D eigenvalue weighted by atomic mass is 10.0. The molecule has 8 heteroatoms. The highest BCUT2D eigenvalue weighted by Gasteiger charge is 2.51. The maximum absolute atomic E-state index is 11.8. The number of quaternary nitrogens is 1. The van der Waals surface area contributed by atoms with Crippen LogP contribution in [0.2, 0.25) is 0 Å². The fraction of sp³-hybridized carbons (Fsp3) is 0.538. The number of nitrogens with two attached hydrogens (primary N) is 1. The van der Waals surface area contributed by atoms with Gasteiger partial charge in [0, 0.05) is 5.75 Å². The number of β-lactam (4-membered cyclic amide) rings is 1. The molecular weight excluding hydrogens is 333 g/mol. The third-order valence-corrected chi connectivity index (χ3v) is 4.70. The summed E-state index contributed by atoms with van der Waals surface area (Å²) in [6, 6.07) is -0.525. The molecule has 2 heterocycles. The largest absolute Gasteiger partial charge is 0.328 e. The van der Waals surface area contributed by atoms with E-state index in [1.54, 1.807) is 11.8 Å². The van der Waals surface area contributed by atoms with Gasteiger partial charge in [0.1, 0.15) is 17.1 Å². The first-order valence-corrected chi connectivity index (χ1v) is 7.75. The third-order valence-electron chi connectivity index (χ3n) is 3.20. The van der Waals surface area contributed by atoms with E-state index in [0.717, 1.165) is 16.6 Å². The minimum absolute atomic E-state index is 0. The number of hydrogen-bond donors (Lipinski definition) is 1. The topological polar surface area (TPSA) is 63.4 Å². The van der Waals surface area contributed by atoms with E-state index >= 15 is 0 Å². The molecule has 2 aliphatic heterocycles. The molecule has 2 N–H and O–H groups in total. The van der Waals surface area contributed by atoms with Crippen molar-refractivity contribution in [1.82, 2.24) is 4.90 Å². The van der Waals surface area contributed by atoms with Crippen LogP contribution in [0.25, 0.3) is 0 Å². The summed E-state index contributed by atoms with van der Waals surface area (Å²) >= 11 is 7.22. The average Bonchev–Trinajstić information content (AvgIpc) is 2.35. The van der Waals surface area contributed by atoms with Gasteiger partial charge in [-0.2, -0.15) is 0 Å². The molecule has 0 aliphatic carbocycles. The third kappa shape index (κ3) is 3.81. The minimum atomic E-state index is -0.597. The lowest BCUT2D eigenvalue weighted by Gasteiger charge is -2.48. The molecule has 21 heavy (non-hydrogen) atoms. The number of nitrogens with zero attached hydrogens (tertiary/aromatic N) is 2. The molecule has 2 aliphatic rings. The molecule has 118 valence electrons. The van der Waals surface area contributed by atoms with Gasteiger partial charge in [0.15, 0.2) is 0 Å². The van der Waals surface area contributed by atoms with Crippen LogP contribution in [0.4, 0.5) is 0 Å². The molecule has 0 radical (unpaired) electrons. The molecule has 0 aromatic rings. The van der Waals surface area contributed by atoms with Crippen LogP contribution in [0.5, 0.6) is 0 Å². The van der Waals surface area contributed by atoms with Crippen molar-refractivity contribution in [2.45, 2.75) is 11.4 Å². The number of hydrogen-bond acceptors (Lipinski definition) is 4. The molecule has 0 aromatic heterocycles. The maximum atomic E-state index is 11.8. The van der Waals surface area contributed by atoms with Gasteiger partial charge in [-0.1, -0.05) is 6.08 Å². The number of rotatable bonds is 4. The van der Waals surface area contributed by atoms with Gasteiger partial charge in [-0.15, -0.1) is 24.2 Å². The molecule has 1 fully saturated rings. The van der Waals surface area contributed by atoms with Crippen molar-refractivity contribution in [1.29, 1.82) is 0 Å². The Bertz CT molecular complexity index is 514. The predicted octanol–water partition coefficient (Wildman–Crippen LogP) is 0.933. The van der Waals surface area contributed by atoms with E-state index in [0.29, 0.717) is 11.4 Å². The molecule has 0 saturated carbocycles. The number of halogens is 2. The zero-order chi connectivity index (χ0) is 15.1. The summed E-state index contributed by atoms with van der Waals surface area (Å²) in [7, 11) is 6.24. The summed E-state index contributed by atoms with van der Waals surface area (Å²) in [5, 5.41) is -0.754. The van der Waals surface area contributed by atoms with E-state index in [9.17, 15) is 9.59 Å². The van der Waals surface area contributed by atoms with Gasteiger partial charge in [-0.3, -0.25) is 14.5 Å². The second kappa shape index (κ2) is 6.71. The average molecular weight is 353 g/mol. The van der Waals surface area contributed by atoms with Crippen molar-refractivity contribution in [3.05, 3.63) is 23.4 Å². The Morgan fingerprint density at radius 2 is 2.14 bits per heavy atom. The normalized spacial score (nSPS) is 25.6. The Morgan fingerprint density at radius 1 is 1.52 bits per heavy atom. The fourth-order valence-electron chi connectivity index (χ4n) is 2.16. The van der Waals surface area contributed by atoms with Crippen molar-refractivity contribution < 1.29 is 14.1 Å². The number of carbonyl (C=O) groups excluding carboxylic acids is 2. The van der Waals surface area contributed by atoms with Crippen LogP contribution in [0.1, 0.15) is 0 Å². The predicted molar refractivity (Wildman–Crippen MR) is 88.2 cm³/mol. The zero-order valence-electron chi connectivity index (χ0n) is 12.2. The van der Waals surface area contributed by atoms with Crippen LogP contribution in [0.3, 0.4) is 0 Å². The Labute approximate surface area is 140 Å². The van der Waals surface area contributed by atoms with E-state index in [-0.39, 0.29) is 23.7 Å². The molecule has 0 spiro atoms. The molecule has 2 rings (SSSR count). The van der Waals surface area contributed by atoms with E-state index < -0.39 is 11.3 Å². The standard InChI is InChI=1S/C13H19ClN3O2S.ClH/c1-17(2,3)6-4-5-8-7-20-13-9(15)12(19)16(13)10(8)11(14)18;/h4-5,9,13H,6-7,15H2,1-3H3;1H/q+1;/b5-4+;/t9-,13-;/m1./s1. The van der Waals surface area contributed by atoms with Gasteiger partial charge < -0.3 is 10.2 Å². The van der Waals surface area contributed by atoms with E-state index in [4.69, 9.17) is 17.3 Å². The Balaban J connectivity index is 0.00000220. The van der Waals surface area contributed by atoms with Crippen molar-refractivity contribution in [3.8, 4) is 0 Å². The smallest absolute Gasteiger partial charge is 0.269 e. The Hall–Kier alpha value is -0.530. The maximum Gasteiger partial charge on any atom is 0.269 e. The van der Waals surface area contributed by atoms with Crippen molar-refractivity contribution in [3.63, 3.8) is 0 Å². The molecule has 0 bridgehead atoms. The molecule has 2 atom stereocenters. The van der Waals surface area contributed by atoms with Gasteiger partial charge in [-0.25, -0.2) is 0 Å². The second-order valence-electron chi connectivity index (χ2n) is 5.96. The molecule has 5 nitrogen and oxygen atoms in total. The van der Waals surface area contributed by atoms with E-state index in [1.807, 2.05) is 12.2 Å². The molecule has 0 unspecified atom stereocenters. The molecule has 1 saturated heterocycles. The Morgan fingerprint density at radius 3 is 2.67 bits per heavy atom. The Kier molecular flexibility index (Phi) is 5.91. The van der Waals surface area contributed by atoms with Crippen molar-refractivity contribution in [2.75, 3.05) is 33.4 Å². The van der Waals surface area contributed by atoms with Gasteiger partial charge in [0.25, 0.3) is 5.24 Å². The lowest BCUT2D eigenvalue weighted by molar-refractivity contribution is -0.864. The lowest BCUT2D eigenvalue weighted by Crippen LogP contribution is -2.68. The molecular formula is C13H20Cl2N3O2S+. The number of allylic oxidation sites excluding steroid dienone is 2. The van der Waals surface area contributed by atoms with Gasteiger partial charge in [0.05, 0.1) is 27.7 Å². The molecule has 0 aromatic carbocycles. The summed E-state index contributed by atoms with van der Waals surface area (Å²) in [4.78, 5) is 24.9. The van der Waals surface area contributed by atoms with Crippen LogP contribution in [-0.4, -0.2) is 65.4 Å². The number of thioether (sulfide) groups is 1. The second-order valence-corrected chi connectivity index (χ2v) is 7.41. The van der Waals surface area contributed by atoms with Gasteiger partial charge >= 0.3 is 0 Å². The first-order valence-electron chi connectivity index (χ1n) is 6.32. The number of amides is 1. The number of fused-ring (bicyclic) bond motifs is 1. The summed E-state index contributed by atoms with van der Waals surface area (Å²) in [5.41, 5.74) is 6.82. The number of likely N-dealkylation sites (N-methyl/N-ethyl adjacent to an activating group) is 1. The fourth-order valence-corrected chi connectivity index (χ4v) is 3.64. The van der Waals surface area contributed by atoms with Crippen LogP contribution in [0.15, 0.2) is 23.4 Å². The van der Waals surface area contributed by atoms with Crippen LogP contribution in [-0.2, 0) is 9.59 Å². The summed E-state index contributed by atoms with van der Waals surface area (Å²) in [6.07, 6.45) is 3.89. The highest BCUT2D eigenvalue weighted by atomic mass is 35.5. The van der Waals surface area contributed by atoms with Crippen LogP contribution in [0, 0.1) is 0 Å². The quantitative estimate of drug-likeness (QED) is 0.464. The zero-order valence-corrected chi connectivity index (χ0v) is 14.6. The first-order chi connectivity index (χ1) is 9.22. The van der Waals surface area contributed by atoms with Crippen LogP contribution < -0.4 is 5.73 Å². The van der Waals surface area contributed by atoms with E-state index in [1.165, 1.54) is 4.90 Å². The summed E-state index contributed by atoms with van der Waals surface area (Å²) < 4.78 is 0.789. The van der Waals surface area contributed by atoms with Gasteiger partial charge in [0.2, 0.25) is 5.91 Å². The first kappa shape index (κ1) is 18.5. The van der Waals surface area contributed by atoms with Gasteiger partial charge in [-0.05, 0) is 23.3 Å². The summed E-state index contributed by atoms with van der Waals surface area (Å²) in [5.74, 6) is 0.410. The summed E-state index contributed by atoms with van der Waals surface area (Å²) in [6.45, 7) is 0.828. The highest BCUT2D eigenvalue weighted by Crippen LogP contribution is 2.40. The molecule has 1 amide bonds. The van der Waals surface area contributed by atoms with Crippen molar-refractivity contribution >= 4 is 46.9 Å². The van der Waals surface area contributed by atoms with E-state index in [2.05, 4.69) is 21.1 Å². The van der Waals surface area contributed by atoms with Crippen LogP contribution >= 0.6 is 35.8 Å². The number of carbonyl (C=O) groups is 2. The monoisotopic (exact) mass is 352 g/mol. The highest BCUT2D eigenvalue weighted by molar-refractivity contribution is 8.00. The minimum Gasteiger partial charge on any atom is -0.328 e.